The SMILES string of the molecule is CN(CCOc1ccccc1C(=O)O)CC(=O)N(C)C. The van der Waals surface area contributed by atoms with E-state index in [1.807, 2.05) is 11.9 Å². The number of hydrogen-bond acceptors (Lipinski definition) is 4. The van der Waals surface area contributed by atoms with Crippen LogP contribution in [0.2, 0.25) is 0 Å². The first-order valence-corrected chi connectivity index (χ1v) is 6.25. The fourth-order valence-corrected chi connectivity index (χ4v) is 1.53. The van der Waals surface area contributed by atoms with Crippen LogP contribution in [0.1, 0.15) is 10.4 Å². The average Bonchev–Trinajstić information content (AvgIpc) is 2.38. The zero-order valence-electron chi connectivity index (χ0n) is 12.0. The molecule has 1 rings (SSSR count). The van der Waals surface area contributed by atoms with Crippen molar-refractivity contribution in [3.63, 3.8) is 0 Å². The first-order valence-electron chi connectivity index (χ1n) is 6.25. The number of aromatic carboxylic acids is 1. The second-order valence-electron chi connectivity index (χ2n) is 4.68. The molecular formula is C14H20N2O4. The number of hydrogen-bond donors (Lipinski definition) is 1. The summed E-state index contributed by atoms with van der Waals surface area (Å²) in [4.78, 5) is 25.8. The molecule has 0 spiro atoms. The number of amides is 1. The van der Waals surface area contributed by atoms with Gasteiger partial charge >= 0.3 is 5.97 Å². The van der Waals surface area contributed by atoms with Crippen molar-refractivity contribution in [1.29, 1.82) is 0 Å². The largest absolute Gasteiger partial charge is 0.491 e. The minimum Gasteiger partial charge on any atom is -0.491 e. The highest BCUT2D eigenvalue weighted by Crippen LogP contribution is 2.17. The van der Waals surface area contributed by atoms with Crippen molar-refractivity contribution < 1.29 is 19.4 Å². The highest BCUT2D eigenvalue weighted by Gasteiger charge is 2.11. The molecule has 0 aromatic heterocycles. The van der Waals surface area contributed by atoms with Crippen molar-refractivity contribution in [2.24, 2.45) is 0 Å². The zero-order valence-corrected chi connectivity index (χ0v) is 12.0. The molecular weight excluding hydrogens is 260 g/mol. The average molecular weight is 280 g/mol. The van der Waals surface area contributed by atoms with Gasteiger partial charge in [0.25, 0.3) is 0 Å². The molecule has 1 amide bonds. The van der Waals surface area contributed by atoms with Gasteiger partial charge in [-0.2, -0.15) is 0 Å². The van der Waals surface area contributed by atoms with E-state index < -0.39 is 5.97 Å². The first-order chi connectivity index (χ1) is 9.41. The molecule has 110 valence electrons. The Balaban J connectivity index is 2.45. The Morgan fingerprint density at radius 1 is 1.20 bits per heavy atom. The number of carboxylic acids is 1. The van der Waals surface area contributed by atoms with Crippen molar-refractivity contribution in [3.8, 4) is 5.75 Å². The second-order valence-corrected chi connectivity index (χ2v) is 4.68. The molecule has 1 N–H and O–H groups in total. The standard InChI is InChI=1S/C14H20N2O4/c1-15(2)13(17)10-16(3)8-9-20-12-7-5-4-6-11(12)14(18)19/h4-7H,8-10H2,1-3H3,(H,18,19). The molecule has 0 aliphatic heterocycles. The summed E-state index contributed by atoms with van der Waals surface area (Å²) < 4.78 is 5.46. The first kappa shape index (κ1) is 16.0. The van der Waals surface area contributed by atoms with Gasteiger partial charge in [-0.15, -0.1) is 0 Å². The topological polar surface area (TPSA) is 70.1 Å². The lowest BCUT2D eigenvalue weighted by Crippen LogP contribution is -2.36. The van der Waals surface area contributed by atoms with E-state index in [-0.39, 0.29) is 11.5 Å². The maximum Gasteiger partial charge on any atom is 0.339 e. The third-order valence-corrected chi connectivity index (χ3v) is 2.75. The Bertz CT molecular complexity index is 474. The van der Waals surface area contributed by atoms with Gasteiger partial charge in [0, 0.05) is 20.6 Å². The van der Waals surface area contributed by atoms with Gasteiger partial charge in [-0.1, -0.05) is 12.1 Å². The summed E-state index contributed by atoms with van der Waals surface area (Å²) >= 11 is 0. The van der Waals surface area contributed by atoms with Gasteiger partial charge in [0.1, 0.15) is 17.9 Å². The van der Waals surface area contributed by atoms with Crippen molar-refractivity contribution in [2.45, 2.75) is 0 Å². The molecule has 1 aromatic rings. The van der Waals surface area contributed by atoms with Crippen LogP contribution in [-0.4, -0.2) is 67.6 Å². The molecule has 0 radical (unpaired) electrons. The van der Waals surface area contributed by atoms with E-state index in [4.69, 9.17) is 9.84 Å². The Labute approximate surface area is 118 Å². The van der Waals surface area contributed by atoms with Crippen LogP contribution < -0.4 is 4.74 Å². The van der Waals surface area contributed by atoms with Crippen LogP contribution in [0.5, 0.6) is 5.75 Å². The van der Waals surface area contributed by atoms with Crippen LogP contribution in [0.25, 0.3) is 0 Å². The van der Waals surface area contributed by atoms with Crippen LogP contribution in [0, 0.1) is 0 Å². The molecule has 0 saturated carbocycles. The minimum atomic E-state index is -1.02. The summed E-state index contributed by atoms with van der Waals surface area (Å²) in [6.45, 7) is 1.16. The van der Waals surface area contributed by atoms with Crippen molar-refractivity contribution in [1.82, 2.24) is 9.80 Å². The molecule has 0 unspecified atom stereocenters. The number of carboxylic acid groups (broad SMARTS) is 1. The van der Waals surface area contributed by atoms with Gasteiger partial charge in [0.15, 0.2) is 0 Å². The zero-order chi connectivity index (χ0) is 15.1. The summed E-state index contributed by atoms with van der Waals surface area (Å²) in [6.07, 6.45) is 0. The maximum absolute atomic E-state index is 11.5. The number of nitrogens with zero attached hydrogens (tertiary/aromatic N) is 2. The van der Waals surface area contributed by atoms with E-state index in [0.29, 0.717) is 25.4 Å². The Morgan fingerprint density at radius 3 is 2.45 bits per heavy atom. The predicted octanol–water partition coefficient (Wildman–Crippen LogP) is 0.784. The van der Waals surface area contributed by atoms with Gasteiger partial charge < -0.3 is 14.7 Å². The number of rotatable bonds is 7. The molecule has 0 bridgehead atoms. The van der Waals surface area contributed by atoms with Crippen LogP contribution in [0.3, 0.4) is 0 Å². The minimum absolute atomic E-state index is 0.0124. The normalized spacial score (nSPS) is 10.4. The maximum atomic E-state index is 11.5. The Hall–Kier alpha value is -2.08. The number of ether oxygens (including phenoxy) is 1. The van der Waals surface area contributed by atoms with Crippen LogP contribution in [0.15, 0.2) is 24.3 Å². The third kappa shape index (κ3) is 4.89. The molecule has 6 heteroatoms. The molecule has 20 heavy (non-hydrogen) atoms. The van der Waals surface area contributed by atoms with Crippen molar-refractivity contribution in [2.75, 3.05) is 40.8 Å². The number of carbonyl (C=O) groups is 2. The molecule has 6 nitrogen and oxygen atoms in total. The van der Waals surface area contributed by atoms with E-state index in [9.17, 15) is 9.59 Å². The fourth-order valence-electron chi connectivity index (χ4n) is 1.53. The lowest BCUT2D eigenvalue weighted by atomic mass is 10.2. The van der Waals surface area contributed by atoms with E-state index in [1.54, 1.807) is 32.3 Å². The van der Waals surface area contributed by atoms with Gasteiger partial charge in [0.2, 0.25) is 5.91 Å². The third-order valence-electron chi connectivity index (χ3n) is 2.75. The highest BCUT2D eigenvalue weighted by molar-refractivity contribution is 5.90. The van der Waals surface area contributed by atoms with Crippen LogP contribution >= 0.6 is 0 Å². The molecule has 1 aromatic carbocycles. The van der Waals surface area contributed by atoms with E-state index in [2.05, 4.69) is 0 Å². The summed E-state index contributed by atoms with van der Waals surface area (Å²) in [7, 11) is 5.22. The molecule has 0 fully saturated rings. The van der Waals surface area contributed by atoms with Gasteiger partial charge in [-0.3, -0.25) is 9.69 Å². The summed E-state index contributed by atoms with van der Waals surface area (Å²) in [5, 5.41) is 9.01. The van der Waals surface area contributed by atoms with Gasteiger partial charge in [-0.05, 0) is 19.2 Å². The molecule has 0 saturated heterocycles. The number of carbonyl (C=O) groups excluding carboxylic acids is 1. The Kier molecular flexibility index (Phi) is 5.99. The summed E-state index contributed by atoms with van der Waals surface area (Å²) in [5.74, 6) is -0.664. The monoisotopic (exact) mass is 280 g/mol. The van der Waals surface area contributed by atoms with Crippen molar-refractivity contribution in [3.05, 3.63) is 29.8 Å². The molecule has 0 heterocycles. The van der Waals surface area contributed by atoms with E-state index in [1.165, 1.54) is 11.0 Å². The lowest BCUT2D eigenvalue weighted by molar-refractivity contribution is -0.129. The molecule has 0 aliphatic rings. The quantitative estimate of drug-likeness (QED) is 0.799. The van der Waals surface area contributed by atoms with Gasteiger partial charge in [0.05, 0.1) is 6.54 Å². The molecule has 0 aliphatic carbocycles. The fraction of sp³-hybridized carbons (Fsp3) is 0.429. The van der Waals surface area contributed by atoms with Crippen molar-refractivity contribution >= 4 is 11.9 Å². The van der Waals surface area contributed by atoms with E-state index >= 15 is 0 Å². The number of likely N-dealkylation sites (N-methyl/N-ethyl adjacent to an activating group) is 2. The van der Waals surface area contributed by atoms with Gasteiger partial charge in [-0.25, -0.2) is 4.79 Å². The summed E-state index contributed by atoms with van der Waals surface area (Å²) in [5.41, 5.74) is 0.138. The van der Waals surface area contributed by atoms with Crippen LogP contribution in [0.4, 0.5) is 0 Å². The van der Waals surface area contributed by atoms with E-state index in [0.717, 1.165) is 0 Å². The number of para-hydroxylation sites is 1. The summed E-state index contributed by atoms with van der Waals surface area (Å²) in [6, 6.07) is 6.49. The lowest BCUT2D eigenvalue weighted by Gasteiger charge is -2.19. The highest BCUT2D eigenvalue weighted by atomic mass is 16.5. The smallest absolute Gasteiger partial charge is 0.339 e. The second kappa shape index (κ2) is 7.49. The molecule has 0 atom stereocenters. The Morgan fingerprint density at radius 2 is 1.85 bits per heavy atom. The predicted molar refractivity (Wildman–Crippen MR) is 75.1 cm³/mol. The van der Waals surface area contributed by atoms with Crippen LogP contribution in [-0.2, 0) is 4.79 Å². The number of benzene rings is 1.